The lowest BCUT2D eigenvalue weighted by molar-refractivity contribution is 0.311. The first-order chi connectivity index (χ1) is 13.2. The summed E-state index contributed by atoms with van der Waals surface area (Å²) >= 11 is 0. The van der Waals surface area contributed by atoms with Crippen LogP contribution in [0.3, 0.4) is 0 Å². The van der Waals surface area contributed by atoms with Crippen molar-refractivity contribution < 1.29 is 9.13 Å². The average molecular weight is 367 g/mol. The summed E-state index contributed by atoms with van der Waals surface area (Å²) in [4.78, 5) is 0. The number of ether oxygens (including phenoxy) is 1. The van der Waals surface area contributed by atoms with Gasteiger partial charge >= 0.3 is 0 Å². The zero-order valence-corrected chi connectivity index (χ0v) is 16.5. The summed E-state index contributed by atoms with van der Waals surface area (Å²) in [6, 6.07) is 12.3. The zero-order valence-electron chi connectivity index (χ0n) is 16.5. The van der Waals surface area contributed by atoms with Crippen molar-refractivity contribution in [1.29, 1.82) is 0 Å². The van der Waals surface area contributed by atoms with Gasteiger partial charge in [-0.2, -0.15) is 0 Å². The topological polar surface area (TPSA) is 9.23 Å². The fourth-order valence-corrected chi connectivity index (χ4v) is 3.94. The first kappa shape index (κ1) is 19.7. The van der Waals surface area contributed by atoms with Gasteiger partial charge in [0.25, 0.3) is 0 Å². The van der Waals surface area contributed by atoms with Crippen molar-refractivity contribution in [3.63, 3.8) is 0 Å². The molecule has 3 rings (SSSR count). The number of rotatable bonds is 9. The molecule has 0 aromatic heterocycles. The Morgan fingerprint density at radius 2 is 2.04 bits per heavy atom. The van der Waals surface area contributed by atoms with Gasteiger partial charge in [-0.05, 0) is 91.3 Å². The van der Waals surface area contributed by atoms with Crippen LogP contribution in [0, 0.1) is 5.82 Å². The van der Waals surface area contributed by atoms with E-state index in [1.807, 2.05) is 12.1 Å². The summed E-state index contributed by atoms with van der Waals surface area (Å²) in [6.45, 7) is 6.63. The summed E-state index contributed by atoms with van der Waals surface area (Å²) in [5.74, 6) is 1.19. The minimum absolute atomic E-state index is 0.0285. The number of halogens is 1. The van der Waals surface area contributed by atoms with E-state index in [9.17, 15) is 4.39 Å². The number of fused-ring (bicyclic) bond motifs is 1. The minimum atomic E-state index is -0.0285. The average Bonchev–Trinajstić information content (AvgIpc) is 2.69. The molecule has 1 atom stereocenters. The van der Waals surface area contributed by atoms with E-state index in [-0.39, 0.29) is 11.7 Å². The van der Waals surface area contributed by atoms with Crippen LogP contribution < -0.4 is 4.74 Å². The van der Waals surface area contributed by atoms with Gasteiger partial charge in [-0.25, -0.2) is 4.39 Å². The predicted molar refractivity (Wildman–Crippen MR) is 111 cm³/mol. The minimum Gasteiger partial charge on any atom is -0.494 e. The third kappa shape index (κ3) is 5.22. The maximum absolute atomic E-state index is 14.7. The van der Waals surface area contributed by atoms with E-state index in [1.165, 1.54) is 11.1 Å². The van der Waals surface area contributed by atoms with E-state index >= 15 is 0 Å². The summed E-state index contributed by atoms with van der Waals surface area (Å²) in [7, 11) is 0. The molecule has 0 saturated heterocycles. The number of benzene rings is 2. The van der Waals surface area contributed by atoms with Crippen molar-refractivity contribution in [3.05, 3.63) is 77.1 Å². The summed E-state index contributed by atoms with van der Waals surface area (Å²) in [5, 5.41) is 0. The fourth-order valence-electron chi connectivity index (χ4n) is 3.94. The van der Waals surface area contributed by atoms with Gasteiger partial charge in [0, 0.05) is 0 Å². The standard InChI is InChI=1S/C25H31FO/c1-3-5-7-15-27-23-13-12-20-17-22(11-10-21(20)18-23)24-14-9-19(8-6-4-2)16-25(24)26/h3,9,12-14,16,18,22H,1,4-8,10-11,15,17H2,2H3. The van der Waals surface area contributed by atoms with Gasteiger partial charge < -0.3 is 4.74 Å². The van der Waals surface area contributed by atoms with Crippen molar-refractivity contribution in [2.24, 2.45) is 0 Å². The van der Waals surface area contributed by atoms with Gasteiger partial charge in [0.15, 0.2) is 0 Å². The molecule has 1 aliphatic carbocycles. The van der Waals surface area contributed by atoms with Crippen molar-refractivity contribution in [3.8, 4) is 5.75 Å². The molecule has 0 spiro atoms. The molecule has 0 amide bonds. The Morgan fingerprint density at radius 1 is 1.15 bits per heavy atom. The van der Waals surface area contributed by atoms with Crippen LogP contribution in [-0.4, -0.2) is 6.61 Å². The van der Waals surface area contributed by atoms with Crippen LogP contribution in [0.1, 0.15) is 67.2 Å². The highest BCUT2D eigenvalue weighted by molar-refractivity contribution is 5.40. The molecular weight excluding hydrogens is 335 g/mol. The molecule has 27 heavy (non-hydrogen) atoms. The van der Waals surface area contributed by atoms with Crippen LogP contribution in [0.5, 0.6) is 5.75 Å². The molecule has 0 bridgehead atoms. The van der Waals surface area contributed by atoms with Crippen LogP contribution >= 0.6 is 0 Å². The molecule has 0 fully saturated rings. The molecule has 0 aliphatic heterocycles. The molecule has 2 aromatic carbocycles. The smallest absolute Gasteiger partial charge is 0.126 e. The van der Waals surface area contributed by atoms with E-state index < -0.39 is 0 Å². The third-order valence-electron chi connectivity index (χ3n) is 5.55. The van der Waals surface area contributed by atoms with Crippen LogP contribution in [0.25, 0.3) is 0 Å². The van der Waals surface area contributed by atoms with Gasteiger partial charge in [0.2, 0.25) is 0 Å². The SMILES string of the molecule is C=CCCCOc1ccc2c(c1)CCC(c1ccc(CCCC)cc1F)C2. The third-order valence-corrected chi connectivity index (χ3v) is 5.55. The number of unbranched alkanes of at least 4 members (excludes halogenated alkanes) is 2. The summed E-state index contributed by atoms with van der Waals surface area (Å²) < 4.78 is 20.5. The maximum Gasteiger partial charge on any atom is 0.126 e. The largest absolute Gasteiger partial charge is 0.494 e. The molecular formula is C25H31FO. The van der Waals surface area contributed by atoms with E-state index in [0.29, 0.717) is 0 Å². The summed E-state index contributed by atoms with van der Waals surface area (Å²) in [5.41, 5.74) is 4.69. The van der Waals surface area contributed by atoms with E-state index in [2.05, 4.69) is 37.8 Å². The van der Waals surface area contributed by atoms with Crippen molar-refractivity contribution in [1.82, 2.24) is 0 Å². The van der Waals surface area contributed by atoms with E-state index in [1.54, 1.807) is 6.07 Å². The molecule has 1 aliphatic rings. The lowest BCUT2D eigenvalue weighted by Gasteiger charge is -2.26. The first-order valence-electron chi connectivity index (χ1n) is 10.3. The number of hydrogen-bond acceptors (Lipinski definition) is 1. The van der Waals surface area contributed by atoms with Crippen LogP contribution in [0.15, 0.2) is 49.1 Å². The van der Waals surface area contributed by atoms with Gasteiger partial charge in [-0.3, -0.25) is 0 Å². The number of aryl methyl sites for hydroxylation is 2. The Balaban J connectivity index is 1.65. The second kappa shape index (κ2) is 9.73. The second-order valence-electron chi connectivity index (χ2n) is 7.61. The molecule has 2 heteroatoms. The van der Waals surface area contributed by atoms with Gasteiger partial charge in [-0.1, -0.05) is 37.6 Å². The zero-order chi connectivity index (χ0) is 19.1. The normalized spacial score (nSPS) is 16.0. The number of hydrogen-bond donors (Lipinski definition) is 0. The predicted octanol–water partition coefficient (Wildman–Crippen LogP) is 6.79. The Morgan fingerprint density at radius 3 is 2.81 bits per heavy atom. The highest BCUT2D eigenvalue weighted by Crippen LogP contribution is 2.35. The highest BCUT2D eigenvalue weighted by atomic mass is 19.1. The molecule has 0 heterocycles. The molecule has 0 saturated carbocycles. The lowest BCUT2D eigenvalue weighted by Crippen LogP contribution is -2.14. The molecule has 2 aromatic rings. The van der Waals surface area contributed by atoms with Gasteiger partial charge in [0.05, 0.1) is 6.61 Å². The fraction of sp³-hybridized carbons (Fsp3) is 0.440. The molecule has 144 valence electrons. The van der Waals surface area contributed by atoms with E-state index in [0.717, 1.165) is 74.8 Å². The van der Waals surface area contributed by atoms with Crippen molar-refractivity contribution in [2.75, 3.05) is 6.61 Å². The monoisotopic (exact) mass is 366 g/mol. The lowest BCUT2D eigenvalue weighted by atomic mass is 9.79. The molecule has 0 N–H and O–H groups in total. The van der Waals surface area contributed by atoms with Crippen molar-refractivity contribution >= 4 is 0 Å². The molecule has 1 unspecified atom stereocenters. The van der Waals surface area contributed by atoms with Crippen LogP contribution in [0.4, 0.5) is 4.39 Å². The molecule has 1 nitrogen and oxygen atoms in total. The Bertz CT molecular complexity index is 765. The summed E-state index contributed by atoms with van der Waals surface area (Å²) in [6.07, 6.45) is 10.0. The molecule has 0 radical (unpaired) electrons. The Kier molecular flexibility index (Phi) is 7.09. The van der Waals surface area contributed by atoms with Crippen molar-refractivity contribution in [2.45, 2.75) is 64.2 Å². The number of allylic oxidation sites excluding steroid dienone is 1. The van der Waals surface area contributed by atoms with Crippen LogP contribution in [-0.2, 0) is 19.3 Å². The highest BCUT2D eigenvalue weighted by Gasteiger charge is 2.23. The quantitative estimate of drug-likeness (QED) is 0.351. The Labute approximate surface area is 163 Å². The van der Waals surface area contributed by atoms with Crippen LogP contribution in [0.2, 0.25) is 0 Å². The van der Waals surface area contributed by atoms with Gasteiger partial charge in [0.1, 0.15) is 11.6 Å². The second-order valence-corrected chi connectivity index (χ2v) is 7.61. The Hall–Kier alpha value is -2.09. The van der Waals surface area contributed by atoms with E-state index in [4.69, 9.17) is 4.74 Å². The maximum atomic E-state index is 14.7. The first-order valence-corrected chi connectivity index (χ1v) is 10.3. The van der Waals surface area contributed by atoms with Gasteiger partial charge in [-0.15, -0.1) is 6.58 Å².